The van der Waals surface area contributed by atoms with Gasteiger partial charge in [0.2, 0.25) is 0 Å². The summed E-state index contributed by atoms with van der Waals surface area (Å²) in [5.74, 6) is 0. The van der Waals surface area contributed by atoms with E-state index in [0.717, 1.165) is 12.8 Å². The summed E-state index contributed by atoms with van der Waals surface area (Å²) in [5, 5.41) is 22.8. The summed E-state index contributed by atoms with van der Waals surface area (Å²) in [6, 6.07) is 4.69. The van der Waals surface area contributed by atoms with Gasteiger partial charge in [0.25, 0.3) is 0 Å². The van der Waals surface area contributed by atoms with E-state index in [2.05, 4.69) is 35.4 Å². The van der Waals surface area contributed by atoms with Gasteiger partial charge in [-0.3, -0.25) is 0 Å². The highest BCUT2D eigenvalue weighted by atomic mass is 33.5. The lowest BCUT2D eigenvalue weighted by Gasteiger charge is -2.20. The van der Waals surface area contributed by atoms with Gasteiger partial charge in [-0.1, -0.05) is 0 Å². The van der Waals surface area contributed by atoms with Crippen LogP contribution < -0.4 is 0 Å². The lowest BCUT2D eigenvalue weighted by Crippen LogP contribution is -2.09. The molecule has 108 valence electrons. The Labute approximate surface area is 126 Å². The average molecular weight is 317 g/mol. The van der Waals surface area contributed by atoms with Crippen LogP contribution in [0.2, 0.25) is 0 Å². The van der Waals surface area contributed by atoms with Gasteiger partial charge in [0.15, 0.2) is 0 Å². The van der Waals surface area contributed by atoms with Crippen molar-refractivity contribution in [2.24, 2.45) is 10.8 Å². The molecule has 0 atom stereocenters. The maximum Gasteiger partial charge on any atom is 0.0687 e. The molecule has 0 saturated heterocycles. The minimum absolute atomic E-state index is 0.317. The summed E-state index contributed by atoms with van der Waals surface area (Å²) < 4.78 is 0. The van der Waals surface area contributed by atoms with Crippen LogP contribution in [0, 0.1) is 33.5 Å². The molecule has 0 aromatic carbocycles. The van der Waals surface area contributed by atoms with E-state index >= 15 is 0 Å². The van der Waals surface area contributed by atoms with Crippen LogP contribution in [0.25, 0.3) is 0 Å². The largest absolute Gasteiger partial charge is 0.198 e. The van der Waals surface area contributed by atoms with Gasteiger partial charge >= 0.3 is 0 Å². The van der Waals surface area contributed by atoms with Gasteiger partial charge in [0.1, 0.15) is 0 Å². The molecule has 19 heavy (non-hydrogen) atoms. The van der Waals surface area contributed by atoms with E-state index in [4.69, 9.17) is 10.5 Å². The van der Waals surface area contributed by atoms with E-state index in [1.807, 2.05) is 49.3 Å². The van der Waals surface area contributed by atoms with Gasteiger partial charge in [-0.15, -0.1) is 28.9 Å². The monoisotopic (exact) mass is 316 g/mol. The fourth-order valence-electron chi connectivity index (χ4n) is 1.15. The van der Waals surface area contributed by atoms with Gasteiger partial charge in [-0.2, -0.15) is 10.5 Å². The molecule has 0 aromatic rings. The van der Waals surface area contributed by atoms with E-state index in [-0.39, 0.29) is 10.8 Å². The van der Waals surface area contributed by atoms with Gasteiger partial charge in [0, 0.05) is 0 Å². The molecule has 0 heterocycles. The molecule has 0 radical (unpaired) electrons. The minimum atomic E-state index is -1.08. The molecular formula is C14H24N2S3. The zero-order valence-electron chi connectivity index (χ0n) is 12.7. The molecule has 0 N–H and O–H groups in total. The first-order valence-corrected chi connectivity index (χ1v) is 11.3. The first-order chi connectivity index (χ1) is 8.66. The van der Waals surface area contributed by atoms with Crippen molar-refractivity contribution in [3.05, 3.63) is 0 Å². The highest BCUT2D eigenvalue weighted by molar-refractivity contribution is 9.21. The van der Waals surface area contributed by atoms with Crippen LogP contribution in [0.1, 0.15) is 40.5 Å². The number of hydrogen-bond donors (Lipinski definition) is 0. The Morgan fingerprint density at radius 3 is 1.42 bits per heavy atom. The SMILES string of the molecule is CSS(=CCC(C)(C)C#N)(=CCC(C)(C)C#N)SC. The fraction of sp³-hybridized carbons (Fsp3) is 0.714. The Bertz CT molecular complexity index is 446. The summed E-state index contributed by atoms with van der Waals surface area (Å²) in [6.45, 7) is 7.86. The van der Waals surface area contributed by atoms with Gasteiger partial charge < -0.3 is 0 Å². The minimum Gasteiger partial charge on any atom is -0.198 e. The predicted molar refractivity (Wildman–Crippen MR) is 94.8 cm³/mol. The first-order valence-electron chi connectivity index (χ1n) is 6.09. The van der Waals surface area contributed by atoms with Crippen LogP contribution in [0.4, 0.5) is 0 Å². The number of hydrogen-bond acceptors (Lipinski definition) is 4. The lowest BCUT2D eigenvalue weighted by molar-refractivity contribution is 0.527. The topological polar surface area (TPSA) is 47.6 Å². The standard InChI is InChI=1S/C14H24N2S3/c1-13(2,11-15)7-9-19(17-5,18-6)10-8-14(3,4)12-16/h9-10H,7-8H2,1-6H3. The molecule has 0 aliphatic heterocycles. The third kappa shape index (κ3) is 6.65. The van der Waals surface area contributed by atoms with E-state index in [1.54, 1.807) is 0 Å². The molecular weight excluding hydrogens is 292 g/mol. The van der Waals surface area contributed by atoms with Crippen molar-refractivity contribution in [2.75, 3.05) is 12.5 Å². The van der Waals surface area contributed by atoms with Crippen molar-refractivity contribution in [3.8, 4) is 12.1 Å². The van der Waals surface area contributed by atoms with Crippen molar-refractivity contribution in [1.29, 1.82) is 10.5 Å². The molecule has 5 heteroatoms. The Kier molecular flexibility index (Phi) is 7.43. The molecule has 0 spiro atoms. The van der Waals surface area contributed by atoms with E-state index in [0.29, 0.717) is 0 Å². The summed E-state index contributed by atoms with van der Waals surface area (Å²) in [5.41, 5.74) is -0.634. The van der Waals surface area contributed by atoms with Crippen LogP contribution in [-0.2, 0) is 0 Å². The second kappa shape index (κ2) is 7.53. The maximum absolute atomic E-state index is 9.11. The number of nitriles is 2. The first kappa shape index (κ1) is 18.8. The molecule has 0 bridgehead atoms. The summed E-state index contributed by atoms with van der Waals surface area (Å²) in [7, 11) is 2.59. The molecule has 0 saturated carbocycles. The molecule has 0 fully saturated rings. The lowest BCUT2D eigenvalue weighted by atomic mass is 9.93. The van der Waals surface area contributed by atoms with E-state index in [9.17, 15) is 0 Å². The zero-order valence-corrected chi connectivity index (χ0v) is 15.1. The summed E-state index contributed by atoms with van der Waals surface area (Å²) in [4.78, 5) is 0. The highest BCUT2D eigenvalue weighted by Gasteiger charge is 2.18. The number of nitrogens with zero attached hydrogens (tertiary/aromatic N) is 2. The predicted octanol–water partition coefficient (Wildman–Crippen LogP) is 4.83. The highest BCUT2D eigenvalue weighted by Crippen LogP contribution is 2.49. The molecule has 0 aliphatic rings. The maximum atomic E-state index is 9.11. The molecule has 0 aliphatic carbocycles. The Morgan fingerprint density at radius 2 is 1.21 bits per heavy atom. The Morgan fingerprint density at radius 1 is 0.895 bits per heavy atom. The molecule has 0 amide bonds. The van der Waals surface area contributed by atoms with Crippen LogP contribution in [0.5, 0.6) is 0 Å². The van der Waals surface area contributed by atoms with Crippen LogP contribution in [0.3, 0.4) is 0 Å². The van der Waals surface area contributed by atoms with Gasteiger partial charge in [-0.25, -0.2) is 0 Å². The Hall–Kier alpha value is -0.230. The van der Waals surface area contributed by atoms with Crippen LogP contribution >= 0.6 is 28.9 Å². The van der Waals surface area contributed by atoms with Crippen molar-refractivity contribution < 1.29 is 0 Å². The molecule has 0 rings (SSSR count). The van der Waals surface area contributed by atoms with Gasteiger partial charge in [0.05, 0.1) is 23.0 Å². The fourth-order valence-corrected chi connectivity index (χ4v) is 7.35. The van der Waals surface area contributed by atoms with Crippen molar-refractivity contribution in [1.82, 2.24) is 0 Å². The molecule has 2 nitrogen and oxygen atoms in total. The van der Waals surface area contributed by atoms with Crippen LogP contribution in [0.15, 0.2) is 0 Å². The smallest absolute Gasteiger partial charge is 0.0687 e. The van der Waals surface area contributed by atoms with Gasteiger partial charge in [-0.05, 0) is 63.8 Å². The average Bonchev–Trinajstić information content (AvgIpc) is 2.40. The van der Waals surface area contributed by atoms with Crippen molar-refractivity contribution in [2.45, 2.75) is 40.5 Å². The normalized spacial score (nSPS) is 12.4. The Balaban J connectivity index is 5.40. The summed E-state index contributed by atoms with van der Waals surface area (Å²) in [6.07, 6.45) is 5.78. The van der Waals surface area contributed by atoms with Crippen molar-refractivity contribution in [3.63, 3.8) is 0 Å². The quantitative estimate of drug-likeness (QED) is 0.520. The van der Waals surface area contributed by atoms with Crippen molar-refractivity contribution >= 4 is 39.6 Å². The zero-order chi connectivity index (χ0) is 15.2. The molecule has 0 aromatic heterocycles. The second-order valence-electron chi connectivity index (χ2n) is 5.66. The van der Waals surface area contributed by atoms with E-state index < -0.39 is 7.27 Å². The molecule has 0 unspecified atom stereocenters. The summed E-state index contributed by atoms with van der Waals surface area (Å²) >= 11 is 0. The van der Waals surface area contributed by atoms with Crippen LogP contribution in [-0.4, -0.2) is 23.2 Å². The number of rotatable bonds is 6. The second-order valence-corrected chi connectivity index (χ2v) is 14.1. The third-order valence-corrected chi connectivity index (χ3v) is 12.3. The third-order valence-electron chi connectivity index (χ3n) is 2.78. The van der Waals surface area contributed by atoms with E-state index in [1.165, 1.54) is 0 Å².